The summed E-state index contributed by atoms with van der Waals surface area (Å²) in [6.07, 6.45) is 3.78. The van der Waals surface area contributed by atoms with E-state index in [2.05, 4.69) is 0 Å². The zero-order valence-electron chi connectivity index (χ0n) is 14.6. The number of hydrogen-bond acceptors (Lipinski definition) is 6. The standard InChI is InChI=1S/C18H24N2O4S/c1-11(22)14(10-21)20-8-12-4-3-5-13(9-20)18(12,24-2)16-7-6-15(25-16)17(19)23/h6-7,10,12-14H,3-5,8-9H2,1-2H3,(H2,19,23)/t12-,13+,14?,18?. The number of ether oxygens (including phenoxy) is 1. The van der Waals surface area contributed by atoms with Crippen molar-refractivity contribution in [2.45, 2.75) is 37.8 Å². The van der Waals surface area contributed by atoms with E-state index in [0.717, 1.165) is 30.4 Å². The van der Waals surface area contributed by atoms with Gasteiger partial charge in [0, 0.05) is 36.9 Å². The number of hydrogen-bond donors (Lipinski definition) is 1. The zero-order valence-corrected chi connectivity index (χ0v) is 15.4. The van der Waals surface area contributed by atoms with E-state index in [-0.39, 0.29) is 17.6 Å². The summed E-state index contributed by atoms with van der Waals surface area (Å²) >= 11 is 1.39. The van der Waals surface area contributed by atoms with Gasteiger partial charge in [0.05, 0.1) is 4.88 Å². The van der Waals surface area contributed by atoms with Crippen molar-refractivity contribution in [2.75, 3.05) is 20.2 Å². The number of thiophene rings is 1. The van der Waals surface area contributed by atoms with Gasteiger partial charge in [0.2, 0.25) is 0 Å². The number of carbonyl (C=O) groups excluding carboxylic acids is 3. The van der Waals surface area contributed by atoms with Gasteiger partial charge in [-0.3, -0.25) is 14.5 Å². The summed E-state index contributed by atoms with van der Waals surface area (Å²) in [5.41, 5.74) is 4.94. The summed E-state index contributed by atoms with van der Waals surface area (Å²) < 4.78 is 6.11. The average molecular weight is 364 g/mol. The third-order valence-corrected chi connectivity index (χ3v) is 6.97. The molecule has 1 saturated carbocycles. The van der Waals surface area contributed by atoms with Gasteiger partial charge < -0.3 is 15.3 Å². The van der Waals surface area contributed by atoms with Crippen molar-refractivity contribution in [3.05, 3.63) is 21.9 Å². The van der Waals surface area contributed by atoms with Crippen LogP contribution in [0, 0.1) is 11.8 Å². The van der Waals surface area contributed by atoms with E-state index < -0.39 is 17.6 Å². The fourth-order valence-corrected chi connectivity index (χ4v) is 5.84. The van der Waals surface area contributed by atoms with Crippen LogP contribution in [0.1, 0.15) is 40.7 Å². The van der Waals surface area contributed by atoms with Gasteiger partial charge in [-0.15, -0.1) is 11.3 Å². The molecule has 1 amide bonds. The summed E-state index contributed by atoms with van der Waals surface area (Å²) in [7, 11) is 1.72. The molecule has 0 spiro atoms. The topological polar surface area (TPSA) is 89.7 Å². The lowest BCUT2D eigenvalue weighted by atomic mass is 9.64. The van der Waals surface area contributed by atoms with E-state index >= 15 is 0 Å². The Kier molecular flexibility index (Phi) is 5.09. The Balaban J connectivity index is 1.97. The number of Topliss-reactive ketones (excluding diaryl/α,β-unsaturated/α-hetero) is 1. The molecule has 0 aromatic carbocycles. The lowest BCUT2D eigenvalue weighted by Gasteiger charge is -2.55. The number of nitrogens with zero attached hydrogens (tertiary/aromatic N) is 1. The predicted octanol–water partition coefficient (Wildman–Crippen LogP) is 1.58. The minimum atomic E-state index is -0.678. The molecule has 2 fully saturated rings. The maximum atomic E-state index is 11.8. The van der Waals surface area contributed by atoms with Crippen molar-refractivity contribution in [1.82, 2.24) is 4.90 Å². The van der Waals surface area contributed by atoms with E-state index in [1.165, 1.54) is 18.3 Å². The zero-order chi connectivity index (χ0) is 18.2. The van der Waals surface area contributed by atoms with Crippen molar-refractivity contribution in [1.29, 1.82) is 0 Å². The molecule has 1 aliphatic heterocycles. The molecule has 4 atom stereocenters. The second kappa shape index (κ2) is 6.97. The molecular weight excluding hydrogens is 340 g/mol. The Morgan fingerprint density at radius 1 is 1.36 bits per heavy atom. The number of methoxy groups -OCH3 is 1. The third kappa shape index (κ3) is 2.94. The summed E-state index contributed by atoms with van der Waals surface area (Å²) in [6, 6.07) is 3.02. The smallest absolute Gasteiger partial charge is 0.258 e. The summed E-state index contributed by atoms with van der Waals surface area (Å²) in [5, 5.41) is 0. The molecule has 1 aliphatic carbocycles. The number of primary amides is 1. The predicted molar refractivity (Wildman–Crippen MR) is 94.5 cm³/mol. The minimum Gasteiger partial charge on any atom is -0.372 e. The molecule has 2 heterocycles. The molecule has 2 N–H and O–H groups in total. The Morgan fingerprint density at radius 2 is 2.00 bits per heavy atom. The van der Waals surface area contributed by atoms with Crippen LogP contribution in [0.4, 0.5) is 0 Å². The van der Waals surface area contributed by atoms with Crippen molar-refractivity contribution < 1.29 is 19.1 Å². The van der Waals surface area contributed by atoms with Gasteiger partial charge in [-0.05, 0) is 31.9 Å². The number of fused-ring (bicyclic) bond motifs is 2. The van der Waals surface area contributed by atoms with Crippen LogP contribution in [0.25, 0.3) is 0 Å². The van der Waals surface area contributed by atoms with Gasteiger partial charge >= 0.3 is 0 Å². The first-order chi connectivity index (χ1) is 11.9. The van der Waals surface area contributed by atoms with Gasteiger partial charge in [-0.2, -0.15) is 0 Å². The highest BCUT2D eigenvalue weighted by Gasteiger charge is 2.55. The first-order valence-corrected chi connectivity index (χ1v) is 9.40. The molecule has 0 radical (unpaired) electrons. The highest BCUT2D eigenvalue weighted by molar-refractivity contribution is 7.14. The molecule has 1 saturated heterocycles. The van der Waals surface area contributed by atoms with Crippen molar-refractivity contribution in [3.8, 4) is 0 Å². The molecule has 2 aliphatic rings. The Bertz CT molecular complexity index is 672. The second-order valence-corrected chi connectivity index (χ2v) is 8.08. The van der Waals surface area contributed by atoms with Gasteiger partial charge in [-0.1, -0.05) is 6.42 Å². The maximum absolute atomic E-state index is 11.8. The molecule has 6 nitrogen and oxygen atoms in total. The van der Waals surface area contributed by atoms with E-state index in [9.17, 15) is 14.4 Å². The highest BCUT2D eigenvalue weighted by Crippen LogP contribution is 2.53. The molecule has 1 aromatic heterocycles. The van der Waals surface area contributed by atoms with Gasteiger partial charge in [0.25, 0.3) is 5.91 Å². The normalized spacial score (nSPS) is 30.6. The van der Waals surface area contributed by atoms with E-state index in [0.29, 0.717) is 18.0 Å². The summed E-state index contributed by atoms with van der Waals surface area (Å²) in [5.74, 6) is -0.204. The van der Waals surface area contributed by atoms with Crippen LogP contribution >= 0.6 is 11.3 Å². The van der Waals surface area contributed by atoms with Gasteiger partial charge in [0.1, 0.15) is 17.9 Å². The van der Waals surface area contributed by atoms with Gasteiger partial charge in [-0.25, -0.2) is 0 Å². The number of carbonyl (C=O) groups is 3. The number of likely N-dealkylation sites (tertiary alicyclic amines) is 1. The maximum Gasteiger partial charge on any atom is 0.258 e. The van der Waals surface area contributed by atoms with Crippen LogP contribution in [0.15, 0.2) is 12.1 Å². The third-order valence-electron chi connectivity index (χ3n) is 5.74. The molecule has 2 bridgehead atoms. The number of ketones is 1. The second-order valence-electron chi connectivity index (χ2n) is 7.00. The molecule has 7 heteroatoms. The van der Waals surface area contributed by atoms with Crippen LogP contribution in [0.5, 0.6) is 0 Å². The monoisotopic (exact) mass is 364 g/mol. The van der Waals surface area contributed by atoms with Crippen molar-refractivity contribution in [3.63, 3.8) is 0 Å². The van der Waals surface area contributed by atoms with Crippen molar-refractivity contribution in [2.24, 2.45) is 17.6 Å². The molecule has 1 aromatic rings. The van der Waals surface area contributed by atoms with Crippen LogP contribution in [-0.2, 0) is 19.9 Å². The van der Waals surface area contributed by atoms with Crippen LogP contribution in [-0.4, -0.2) is 49.1 Å². The van der Waals surface area contributed by atoms with E-state index in [1.807, 2.05) is 11.0 Å². The number of rotatable bonds is 6. The Labute approximate surface area is 151 Å². The fourth-order valence-electron chi connectivity index (χ4n) is 4.65. The van der Waals surface area contributed by atoms with Crippen LogP contribution in [0.3, 0.4) is 0 Å². The largest absolute Gasteiger partial charge is 0.372 e. The SMILES string of the molecule is COC1(c2ccc(C(N)=O)s2)[C@@H]2CCC[C@H]1CN(C(C=O)C(C)=O)C2. The molecule has 3 rings (SSSR count). The van der Waals surface area contributed by atoms with Crippen LogP contribution < -0.4 is 5.73 Å². The molecule has 25 heavy (non-hydrogen) atoms. The minimum absolute atomic E-state index is 0.120. The molecule has 136 valence electrons. The summed E-state index contributed by atoms with van der Waals surface area (Å²) in [4.78, 5) is 38.3. The van der Waals surface area contributed by atoms with E-state index in [4.69, 9.17) is 10.5 Å². The first-order valence-electron chi connectivity index (χ1n) is 8.59. The fraction of sp³-hybridized carbons (Fsp3) is 0.611. The number of aldehydes is 1. The number of amides is 1. The van der Waals surface area contributed by atoms with Gasteiger partial charge in [0.15, 0.2) is 5.78 Å². The Hall–Kier alpha value is -1.57. The molecular formula is C18H24N2O4S. The lowest BCUT2D eigenvalue weighted by Crippen LogP contribution is -2.61. The molecule has 2 unspecified atom stereocenters. The number of piperidine rings is 1. The Morgan fingerprint density at radius 3 is 2.44 bits per heavy atom. The number of nitrogens with two attached hydrogens (primary N) is 1. The first kappa shape index (κ1) is 18.2. The quantitative estimate of drug-likeness (QED) is 0.611. The lowest BCUT2D eigenvalue weighted by molar-refractivity contribution is -0.174. The summed E-state index contributed by atoms with van der Waals surface area (Å²) in [6.45, 7) is 2.74. The van der Waals surface area contributed by atoms with Crippen molar-refractivity contribution >= 4 is 29.3 Å². The van der Waals surface area contributed by atoms with Crippen LogP contribution in [0.2, 0.25) is 0 Å². The average Bonchev–Trinajstić information content (AvgIpc) is 3.05. The highest BCUT2D eigenvalue weighted by atomic mass is 32.1. The van der Waals surface area contributed by atoms with E-state index in [1.54, 1.807) is 13.2 Å².